The maximum atomic E-state index is 9.80. The summed E-state index contributed by atoms with van der Waals surface area (Å²) in [5.74, 6) is 0.367. The molecule has 8 heteroatoms. The molecule has 0 unspecified atom stereocenters. The Balaban J connectivity index is 0.00000220. The highest BCUT2D eigenvalue weighted by Crippen LogP contribution is 2.24. The SMILES string of the molecule is O.OCc1ccc(O[C@@H]2O[C@H](CO)[C@@H](O)[C@H](O)[C@H]2O)cc1. The summed E-state index contributed by atoms with van der Waals surface area (Å²) in [6, 6.07) is 6.43. The molecule has 1 aliphatic rings. The number of hydrogen-bond acceptors (Lipinski definition) is 7. The Labute approximate surface area is 121 Å². The van der Waals surface area contributed by atoms with Gasteiger partial charge in [-0.25, -0.2) is 0 Å². The molecule has 0 aliphatic carbocycles. The predicted molar refractivity (Wildman–Crippen MR) is 70.4 cm³/mol. The maximum Gasteiger partial charge on any atom is 0.229 e. The van der Waals surface area contributed by atoms with E-state index in [-0.39, 0.29) is 12.1 Å². The zero-order chi connectivity index (χ0) is 14.7. The third-order valence-corrected chi connectivity index (χ3v) is 3.21. The Kier molecular flexibility index (Phi) is 6.49. The van der Waals surface area contributed by atoms with Crippen molar-refractivity contribution < 1.29 is 40.5 Å². The highest BCUT2D eigenvalue weighted by atomic mass is 16.7. The van der Waals surface area contributed by atoms with Crippen molar-refractivity contribution in [2.45, 2.75) is 37.3 Å². The zero-order valence-corrected chi connectivity index (χ0v) is 11.2. The van der Waals surface area contributed by atoms with Crippen LogP contribution in [0.25, 0.3) is 0 Å². The lowest BCUT2D eigenvalue weighted by Crippen LogP contribution is -2.60. The Morgan fingerprint density at radius 3 is 2.10 bits per heavy atom. The Morgan fingerprint density at radius 1 is 0.952 bits per heavy atom. The molecule has 0 spiro atoms. The van der Waals surface area contributed by atoms with E-state index >= 15 is 0 Å². The van der Waals surface area contributed by atoms with Crippen molar-refractivity contribution in [2.75, 3.05) is 6.61 Å². The Bertz CT molecular complexity index is 421. The quantitative estimate of drug-likeness (QED) is 0.413. The van der Waals surface area contributed by atoms with Crippen LogP contribution in [0.3, 0.4) is 0 Å². The van der Waals surface area contributed by atoms with Gasteiger partial charge in [0.2, 0.25) is 6.29 Å². The molecule has 1 aliphatic heterocycles. The third kappa shape index (κ3) is 3.89. The minimum atomic E-state index is -1.47. The number of benzene rings is 1. The van der Waals surface area contributed by atoms with E-state index in [0.29, 0.717) is 11.3 Å². The smallest absolute Gasteiger partial charge is 0.229 e. The monoisotopic (exact) mass is 304 g/mol. The Hall–Kier alpha value is -1.26. The second-order valence-electron chi connectivity index (χ2n) is 4.62. The van der Waals surface area contributed by atoms with Crippen LogP contribution in [-0.2, 0) is 11.3 Å². The topological polar surface area (TPSA) is 151 Å². The lowest BCUT2D eigenvalue weighted by atomic mass is 9.99. The van der Waals surface area contributed by atoms with Crippen LogP contribution >= 0.6 is 0 Å². The second kappa shape index (κ2) is 7.66. The second-order valence-corrected chi connectivity index (χ2v) is 4.62. The van der Waals surface area contributed by atoms with Crippen LogP contribution in [0.1, 0.15) is 5.56 Å². The van der Waals surface area contributed by atoms with Crippen molar-refractivity contribution in [2.24, 2.45) is 0 Å². The minimum absolute atomic E-state index is 0. The first-order valence-electron chi connectivity index (χ1n) is 6.23. The number of hydrogen-bond donors (Lipinski definition) is 5. The van der Waals surface area contributed by atoms with Gasteiger partial charge >= 0.3 is 0 Å². The first-order valence-corrected chi connectivity index (χ1v) is 6.23. The van der Waals surface area contributed by atoms with Gasteiger partial charge in [-0.1, -0.05) is 12.1 Å². The normalized spacial score (nSPS) is 32.3. The number of aliphatic hydroxyl groups excluding tert-OH is 5. The van der Waals surface area contributed by atoms with Gasteiger partial charge in [0.25, 0.3) is 0 Å². The summed E-state index contributed by atoms with van der Waals surface area (Å²) in [6.07, 6.45) is -6.53. The fourth-order valence-corrected chi connectivity index (χ4v) is 1.97. The summed E-state index contributed by atoms with van der Waals surface area (Å²) in [5.41, 5.74) is 0.700. The van der Waals surface area contributed by atoms with Gasteiger partial charge in [0, 0.05) is 0 Å². The summed E-state index contributed by atoms with van der Waals surface area (Å²) in [5, 5.41) is 47.0. The lowest BCUT2D eigenvalue weighted by Gasteiger charge is -2.39. The number of aliphatic hydroxyl groups is 5. The van der Waals surface area contributed by atoms with Gasteiger partial charge in [0.1, 0.15) is 30.2 Å². The molecule has 0 saturated carbocycles. The minimum Gasteiger partial charge on any atom is -0.462 e. The largest absolute Gasteiger partial charge is 0.462 e. The molecular weight excluding hydrogens is 284 g/mol. The fourth-order valence-electron chi connectivity index (χ4n) is 1.97. The molecule has 8 nitrogen and oxygen atoms in total. The first kappa shape index (κ1) is 17.8. The van der Waals surface area contributed by atoms with Crippen molar-refractivity contribution in [3.05, 3.63) is 29.8 Å². The van der Waals surface area contributed by atoms with Crippen molar-refractivity contribution >= 4 is 0 Å². The van der Waals surface area contributed by atoms with Crippen LogP contribution in [0, 0.1) is 0 Å². The van der Waals surface area contributed by atoms with Gasteiger partial charge < -0.3 is 40.5 Å². The molecular formula is C13H20O8. The number of ether oxygens (including phenoxy) is 2. The molecule has 1 saturated heterocycles. The first-order chi connectivity index (χ1) is 9.56. The van der Waals surface area contributed by atoms with Gasteiger partial charge in [0.15, 0.2) is 0 Å². The maximum absolute atomic E-state index is 9.80. The van der Waals surface area contributed by atoms with E-state index in [9.17, 15) is 15.3 Å². The molecule has 1 heterocycles. The van der Waals surface area contributed by atoms with Crippen molar-refractivity contribution in [3.63, 3.8) is 0 Å². The van der Waals surface area contributed by atoms with E-state index in [2.05, 4.69) is 0 Å². The van der Waals surface area contributed by atoms with Gasteiger partial charge in [-0.15, -0.1) is 0 Å². The molecule has 5 atom stereocenters. The van der Waals surface area contributed by atoms with Gasteiger partial charge in [0.05, 0.1) is 13.2 Å². The van der Waals surface area contributed by atoms with Crippen molar-refractivity contribution in [1.82, 2.24) is 0 Å². The highest BCUT2D eigenvalue weighted by molar-refractivity contribution is 5.27. The van der Waals surface area contributed by atoms with Crippen LogP contribution in [0.2, 0.25) is 0 Å². The van der Waals surface area contributed by atoms with E-state index in [0.717, 1.165) is 0 Å². The van der Waals surface area contributed by atoms with E-state index in [4.69, 9.17) is 19.7 Å². The molecule has 2 rings (SSSR count). The summed E-state index contributed by atoms with van der Waals surface area (Å²) in [4.78, 5) is 0. The molecule has 120 valence electrons. The molecule has 7 N–H and O–H groups in total. The average Bonchev–Trinajstić information content (AvgIpc) is 2.48. The standard InChI is InChI=1S/C13H18O7.H2O/c14-5-7-1-3-8(4-2-7)19-13-12(18)11(17)10(16)9(6-15)20-13;/h1-4,9-18H,5-6H2;1H2/t9-,10-,11+,12-,13-;/m1./s1. The molecule has 21 heavy (non-hydrogen) atoms. The van der Waals surface area contributed by atoms with Gasteiger partial charge in [-0.05, 0) is 17.7 Å². The van der Waals surface area contributed by atoms with Crippen molar-refractivity contribution in [1.29, 1.82) is 0 Å². The highest BCUT2D eigenvalue weighted by Gasteiger charge is 2.44. The van der Waals surface area contributed by atoms with E-state index in [1.165, 1.54) is 0 Å². The van der Waals surface area contributed by atoms with Crippen molar-refractivity contribution in [3.8, 4) is 5.75 Å². The summed E-state index contributed by atoms with van der Waals surface area (Å²) >= 11 is 0. The Morgan fingerprint density at radius 2 is 1.57 bits per heavy atom. The molecule has 0 bridgehead atoms. The predicted octanol–water partition coefficient (Wildman–Crippen LogP) is -2.47. The number of rotatable bonds is 4. The molecule has 1 fully saturated rings. The van der Waals surface area contributed by atoms with Gasteiger partial charge in [-0.2, -0.15) is 0 Å². The van der Waals surface area contributed by atoms with Gasteiger partial charge in [-0.3, -0.25) is 0 Å². The van der Waals surface area contributed by atoms with Crippen LogP contribution < -0.4 is 4.74 Å². The van der Waals surface area contributed by atoms with Crippen LogP contribution in [-0.4, -0.2) is 68.3 Å². The zero-order valence-electron chi connectivity index (χ0n) is 11.2. The lowest BCUT2D eigenvalue weighted by molar-refractivity contribution is -0.277. The molecule has 1 aromatic carbocycles. The van der Waals surface area contributed by atoms with Crippen LogP contribution in [0.5, 0.6) is 5.75 Å². The molecule has 1 aromatic rings. The van der Waals surface area contributed by atoms with E-state index < -0.39 is 37.3 Å². The summed E-state index contributed by atoms with van der Waals surface area (Å²) in [6.45, 7) is -0.603. The van der Waals surface area contributed by atoms with Crippen LogP contribution in [0.15, 0.2) is 24.3 Å². The third-order valence-electron chi connectivity index (χ3n) is 3.21. The average molecular weight is 304 g/mol. The molecule has 0 radical (unpaired) electrons. The molecule has 0 aromatic heterocycles. The van der Waals surface area contributed by atoms with E-state index in [1.54, 1.807) is 24.3 Å². The molecule has 0 amide bonds. The van der Waals surface area contributed by atoms with E-state index in [1.807, 2.05) is 0 Å². The van der Waals surface area contributed by atoms with Crippen LogP contribution in [0.4, 0.5) is 0 Å². The summed E-state index contributed by atoms with van der Waals surface area (Å²) < 4.78 is 10.6. The summed E-state index contributed by atoms with van der Waals surface area (Å²) in [7, 11) is 0. The fraction of sp³-hybridized carbons (Fsp3) is 0.538.